The first-order valence-electron chi connectivity index (χ1n) is 5.28. The van der Waals surface area contributed by atoms with Crippen molar-refractivity contribution >= 4 is 21.7 Å². The van der Waals surface area contributed by atoms with Crippen LogP contribution >= 0.6 is 15.9 Å². The molecule has 1 aliphatic heterocycles. The summed E-state index contributed by atoms with van der Waals surface area (Å²) in [6, 6.07) is 7.60. The normalized spacial score (nSPS) is 24.6. The van der Waals surface area contributed by atoms with Crippen molar-refractivity contribution in [1.82, 2.24) is 0 Å². The number of nitrogens with two attached hydrogens (primary N) is 1. The molecule has 0 radical (unpaired) electrons. The smallest absolute Gasteiger partial charge is 0.144 e. The molecule has 0 amide bonds. The Morgan fingerprint density at radius 2 is 2.19 bits per heavy atom. The van der Waals surface area contributed by atoms with Gasteiger partial charge in [0.2, 0.25) is 0 Å². The summed E-state index contributed by atoms with van der Waals surface area (Å²) in [5, 5.41) is 0. The molecular weight excluding hydrogens is 270 g/mol. The van der Waals surface area contributed by atoms with Crippen LogP contribution in [0.25, 0.3) is 0 Å². The van der Waals surface area contributed by atoms with Gasteiger partial charge in [-0.25, -0.2) is 0 Å². The molecule has 86 valence electrons. The van der Waals surface area contributed by atoms with Crippen LogP contribution in [0, 0.1) is 5.92 Å². The Morgan fingerprint density at radius 3 is 2.81 bits per heavy atom. The number of benzene rings is 1. The number of carbonyl (C=O) groups excluding carboxylic acids is 1. The molecule has 0 bridgehead atoms. The Hall–Kier alpha value is -0.710. The molecule has 0 saturated carbocycles. The molecule has 2 atom stereocenters. The number of hydrogen-bond donors (Lipinski definition) is 1. The third kappa shape index (κ3) is 2.51. The zero-order valence-corrected chi connectivity index (χ0v) is 10.4. The molecule has 1 heterocycles. The summed E-state index contributed by atoms with van der Waals surface area (Å²) in [7, 11) is 0. The van der Waals surface area contributed by atoms with E-state index in [1.165, 1.54) is 0 Å². The van der Waals surface area contributed by atoms with E-state index in [4.69, 9.17) is 10.5 Å². The van der Waals surface area contributed by atoms with E-state index >= 15 is 0 Å². The van der Waals surface area contributed by atoms with Crippen molar-refractivity contribution in [2.24, 2.45) is 11.7 Å². The molecule has 2 unspecified atom stereocenters. The van der Waals surface area contributed by atoms with Crippen LogP contribution in [0.5, 0.6) is 0 Å². The predicted octanol–water partition coefficient (Wildman–Crippen LogP) is 1.53. The monoisotopic (exact) mass is 283 g/mol. The average molecular weight is 284 g/mol. The molecule has 4 heteroatoms. The summed E-state index contributed by atoms with van der Waals surface area (Å²) in [4.78, 5) is 12.0. The SMILES string of the molecule is NC1COCC1C(=O)Cc1ccccc1Br. The van der Waals surface area contributed by atoms with E-state index in [-0.39, 0.29) is 17.7 Å². The molecule has 3 nitrogen and oxygen atoms in total. The van der Waals surface area contributed by atoms with Gasteiger partial charge >= 0.3 is 0 Å². The number of hydrogen-bond acceptors (Lipinski definition) is 3. The van der Waals surface area contributed by atoms with Gasteiger partial charge in [0, 0.05) is 16.9 Å². The van der Waals surface area contributed by atoms with E-state index < -0.39 is 0 Å². The fourth-order valence-electron chi connectivity index (χ4n) is 1.86. The topological polar surface area (TPSA) is 52.3 Å². The second-order valence-electron chi connectivity index (χ2n) is 4.04. The largest absolute Gasteiger partial charge is 0.379 e. The van der Waals surface area contributed by atoms with Crippen LogP contribution in [-0.2, 0) is 16.0 Å². The highest BCUT2D eigenvalue weighted by molar-refractivity contribution is 9.10. The summed E-state index contributed by atoms with van der Waals surface area (Å²) in [6.07, 6.45) is 0.420. The van der Waals surface area contributed by atoms with Crippen LogP contribution in [0.2, 0.25) is 0 Å². The number of rotatable bonds is 3. The van der Waals surface area contributed by atoms with Crippen molar-refractivity contribution in [2.45, 2.75) is 12.5 Å². The quantitative estimate of drug-likeness (QED) is 0.916. The zero-order chi connectivity index (χ0) is 11.5. The van der Waals surface area contributed by atoms with Gasteiger partial charge in [-0.05, 0) is 11.6 Å². The summed E-state index contributed by atoms with van der Waals surface area (Å²) in [5.74, 6) is 0.0176. The Balaban J connectivity index is 2.05. The minimum Gasteiger partial charge on any atom is -0.379 e. The summed E-state index contributed by atoms with van der Waals surface area (Å²) in [6.45, 7) is 0.955. The van der Waals surface area contributed by atoms with E-state index in [0.29, 0.717) is 19.6 Å². The molecule has 2 rings (SSSR count). The minimum atomic E-state index is -0.146. The van der Waals surface area contributed by atoms with Gasteiger partial charge in [-0.1, -0.05) is 34.1 Å². The van der Waals surface area contributed by atoms with Crippen LogP contribution in [-0.4, -0.2) is 25.0 Å². The van der Waals surface area contributed by atoms with Gasteiger partial charge in [-0.2, -0.15) is 0 Å². The molecule has 1 aromatic rings. The van der Waals surface area contributed by atoms with Crippen LogP contribution < -0.4 is 5.73 Å². The van der Waals surface area contributed by atoms with Crippen molar-refractivity contribution in [2.75, 3.05) is 13.2 Å². The molecule has 1 aromatic carbocycles. The fourth-order valence-corrected chi connectivity index (χ4v) is 2.29. The first-order chi connectivity index (χ1) is 7.68. The maximum Gasteiger partial charge on any atom is 0.144 e. The Morgan fingerprint density at radius 1 is 1.44 bits per heavy atom. The number of ketones is 1. The van der Waals surface area contributed by atoms with Gasteiger partial charge in [0.1, 0.15) is 5.78 Å². The maximum atomic E-state index is 12.0. The second-order valence-corrected chi connectivity index (χ2v) is 4.90. The van der Waals surface area contributed by atoms with E-state index in [1.807, 2.05) is 24.3 Å². The third-order valence-electron chi connectivity index (χ3n) is 2.86. The van der Waals surface area contributed by atoms with Crippen LogP contribution in [0.3, 0.4) is 0 Å². The third-order valence-corrected chi connectivity index (χ3v) is 3.63. The zero-order valence-electron chi connectivity index (χ0n) is 8.86. The Kier molecular flexibility index (Phi) is 3.74. The van der Waals surface area contributed by atoms with Crippen molar-refractivity contribution in [1.29, 1.82) is 0 Å². The van der Waals surface area contributed by atoms with Gasteiger partial charge in [-0.15, -0.1) is 0 Å². The van der Waals surface area contributed by atoms with Crippen LogP contribution in [0.15, 0.2) is 28.7 Å². The molecule has 0 aliphatic carbocycles. The predicted molar refractivity (Wildman–Crippen MR) is 65.1 cm³/mol. The van der Waals surface area contributed by atoms with E-state index in [9.17, 15) is 4.79 Å². The maximum absolute atomic E-state index is 12.0. The number of ether oxygens (including phenoxy) is 1. The van der Waals surface area contributed by atoms with Gasteiger partial charge in [0.05, 0.1) is 19.1 Å². The summed E-state index contributed by atoms with van der Waals surface area (Å²) in [5.41, 5.74) is 6.82. The standard InChI is InChI=1S/C12H14BrNO2/c13-10-4-2-1-3-8(10)5-12(15)9-6-16-7-11(9)14/h1-4,9,11H,5-7,14H2. The molecule has 16 heavy (non-hydrogen) atoms. The molecule has 1 fully saturated rings. The first kappa shape index (κ1) is 11.8. The molecule has 1 saturated heterocycles. The van der Waals surface area contributed by atoms with Crippen molar-refractivity contribution < 1.29 is 9.53 Å². The van der Waals surface area contributed by atoms with E-state index in [0.717, 1.165) is 10.0 Å². The molecule has 1 aliphatic rings. The van der Waals surface area contributed by atoms with Gasteiger partial charge < -0.3 is 10.5 Å². The number of halogens is 1. The van der Waals surface area contributed by atoms with E-state index in [2.05, 4.69) is 15.9 Å². The number of carbonyl (C=O) groups is 1. The summed E-state index contributed by atoms with van der Waals surface area (Å²) < 4.78 is 6.17. The fraction of sp³-hybridized carbons (Fsp3) is 0.417. The minimum absolute atomic E-state index is 0.144. The second kappa shape index (κ2) is 5.08. The highest BCUT2D eigenvalue weighted by Gasteiger charge is 2.31. The highest BCUT2D eigenvalue weighted by atomic mass is 79.9. The van der Waals surface area contributed by atoms with Gasteiger partial charge in [0.25, 0.3) is 0 Å². The molecule has 0 aromatic heterocycles. The lowest BCUT2D eigenvalue weighted by Gasteiger charge is -2.12. The van der Waals surface area contributed by atoms with Crippen LogP contribution in [0.4, 0.5) is 0 Å². The van der Waals surface area contributed by atoms with Crippen molar-refractivity contribution in [3.63, 3.8) is 0 Å². The van der Waals surface area contributed by atoms with Gasteiger partial charge in [-0.3, -0.25) is 4.79 Å². The van der Waals surface area contributed by atoms with Gasteiger partial charge in [0.15, 0.2) is 0 Å². The molecular formula is C12H14BrNO2. The lowest BCUT2D eigenvalue weighted by atomic mass is 9.94. The lowest BCUT2D eigenvalue weighted by molar-refractivity contribution is -0.122. The van der Waals surface area contributed by atoms with Crippen LogP contribution in [0.1, 0.15) is 5.56 Å². The lowest BCUT2D eigenvalue weighted by Crippen LogP contribution is -2.34. The average Bonchev–Trinajstić information content (AvgIpc) is 2.68. The summed E-state index contributed by atoms with van der Waals surface area (Å²) >= 11 is 3.43. The van der Waals surface area contributed by atoms with Crippen molar-refractivity contribution in [3.05, 3.63) is 34.3 Å². The highest BCUT2D eigenvalue weighted by Crippen LogP contribution is 2.20. The van der Waals surface area contributed by atoms with E-state index in [1.54, 1.807) is 0 Å². The van der Waals surface area contributed by atoms with Crippen molar-refractivity contribution in [3.8, 4) is 0 Å². The molecule has 0 spiro atoms. The first-order valence-corrected chi connectivity index (χ1v) is 6.07. The Bertz CT molecular complexity index is 394. The Labute approximate surface area is 103 Å². The molecule has 2 N–H and O–H groups in total. The number of Topliss-reactive ketones (excluding diaryl/α,β-unsaturated/α-hetero) is 1.